The first kappa shape index (κ1) is 14.0. The van der Waals surface area contributed by atoms with Gasteiger partial charge in [-0.15, -0.1) is 0 Å². The first-order chi connectivity index (χ1) is 8.93. The van der Waals surface area contributed by atoms with Crippen molar-refractivity contribution in [2.45, 2.75) is 97.8 Å². The Morgan fingerprint density at radius 3 is 1.42 bits per heavy atom. The van der Waals surface area contributed by atoms with Crippen LogP contribution in [0.5, 0.6) is 0 Å². The molecule has 0 heterocycles. The summed E-state index contributed by atoms with van der Waals surface area (Å²) in [4.78, 5) is 0. The van der Waals surface area contributed by atoms with E-state index < -0.39 is 0 Å². The Kier molecular flexibility index (Phi) is 3.51. The monoisotopic (exact) mass is 262 g/mol. The van der Waals surface area contributed by atoms with E-state index in [-0.39, 0.29) is 0 Å². The van der Waals surface area contributed by atoms with Crippen molar-refractivity contribution in [3.63, 3.8) is 0 Å². The molecule has 0 amide bonds. The maximum absolute atomic E-state index is 2.48. The molecule has 0 N–H and O–H groups in total. The highest BCUT2D eigenvalue weighted by Crippen LogP contribution is 2.59. The molecule has 0 aromatic rings. The van der Waals surface area contributed by atoms with Crippen LogP contribution in [0, 0.1) is 22.2 Å². The fourth-order valence-electron chi connectivity index (χ4n) is 5.14. The predicted molar refractivity (Wildman–Crippen MR) is 83.2 cm³/mol. The molecule has 19 heavy (non-hydrogen) atoms. The smallest absolute Gasteiger partial charge is 0.0297 e. The van der Waals surface area contributed by atoms with Crippen molar-refractivity contribution in [1.82, 2.24) is 0 Å². The molecule has 3 aliphatic rings. The van der Waals surface area contributed by atoms with Gasteiger partial charge in [-0.05, 0) is 86.4 Å². The summed E-state index contributed by atoms with van der Waals surface area (Å²) in [6.07, 6.45) is 18.4. The summed E-state index contributed by atoms with van der Waals surface area (Å²) in [5, 5.41) is 0. The topological polar surface area (TPSA) is 0 Å². The predicted octanol–water partition coefficient (Wildman–Crippen LogP) is 6.34. The van der Waals surface area contributed by atoms with Crippen LogP contribution in [0.15, 0.2) is 0 Å². The third kappa shape index (κ3) is 2.88. The van der Waals surface area contributed by atoms with Crippen LogP contribution in [0.1, 0.15) is 97.8 Å². The summed E-state index contributed by atoms with van der Waals surface area (Å²) in [5.74, 6) is 1.01. The first-order valence-electron chi connectivity index (χ1n) is 8.93. The molecule has 110 valence electrons. The Morgan fingerprint density at radius 1 is 0.579 bits per heavy atom. The molecule has 0 atom stereocenters. The van der Waals surface area contributed by atoms with Gasteiger partial charge in [-0.3, -0.25) is 0 Å². The van der Waals surface area contributed by atoms with Crippen LogP contribution in [0.2, 0.25) is 0 Å². The average Bonchev–Trinajstić information content (AvgIpc) is 2.41. The average molecular weight is 262 g/mol. The van der Waals surface area contributed by atoms with E-state index in [4.69, 9.17) is 0 Å². The van der Waals surface area contributed by atoms with E-state index in [2.05, 4.69) is 20.8 Å². The lowest BCUT2D eigenvalue weighted by Crippen LogP contribution is -2.39. The second-order valence-electron chi connectivity index (χ2n) is 9.35. The Labute approximate surface area is 120 Å². The second kappa shape index (κ2) is 4.78. The van der Waals surface area contributed by atoms with Crippen molar-refractivity contribution >= 4 is 0 Å². The Morgan fingerprint density at radius 2 is 0.947 bits per heavy atom. The summed E-state index contributed by atoms with van der Waals surface area (Å²) in [5.41, 5.74) is 2.22. The van der Waals surface area contributed by atoms with Gasteiger partial charge >= 0.3 is 0 Å². The van der Waals surface area contributed by atoms with Gasteiger partial charge in [-0.25, -0.2) is 0 Å². The fourth-order valence-corrected chi connectivity index (χ4v) is 5.14. The van der Waals surface area contributed by atoms with Crippen molar-refractivity contribution in [3.05, 3.63) is 0 Å². The fraction of sp³-hybridized carbons (Fsp3) is 1.00. The molecule has 0 unspecified atom stereocenters. The highest BCUT2D eigenvalue weighted by molar-refractivity contribution is 4.97. The normalized spacial score (nSPS) is 33.6. The highest BCUT2D eigenvalue weighted by atomic mass is 14.5. The Balaban J connectivity index is 1.58. The van der Waals surface area contributed by atoms with Crippen LogP contribution >= 0.6 is 0 Å². The molecule has 0 aromatic heterocycles. The number of hydrogen-bond acceptors (Lipinski definition) is 0. The standard InChI is InChI=1S/C19H34/c1-16-4-6-18(7-5-16)12-14-19(15-13-18)10-8-17(2,3)9-11-19/h16H,4-15H2,1-3H3. The maximum Gasteiger partial charge on any atom is -0.0297 e. The largest absolute Gasteiger partial charge is 0.0625 e. The molecule has 0 saturated heterocycles. The molecule has 3 fully saturated rings. The van der Waals surface area contributed by atoms with Crippen LogP contribution in [0.4, 0.5) is 0 Å². The number of hydrogen-bond donors (Lipinski definition) is 0. The van der Waals surface area contributed by atoms with Crippen LogP contribution in [-0.2, 0) is 0 Å². The minimum Gasteiger partial charge on any atom is -0.0625 e. The molecule has 3 rings (SSSR count). The van der Waals surface area contributed by atoms with Gasteiger partial charge in [0.1, 0.15) is 0 Å². The van der Waals surface area contributed by atoms with Crippen LogP contribution in [0.3, 0.4) is 0 Å². The second-order valence-corrected chi connectivity index (χ2v) is 9.35. The minimum atomic E-state index is 0.640. The zero-order valence-electron chi connectivity index (χ0n) is 13.6. The lowest BCUT2D eigenvalue weighted by Gasteiger charge is -2.52. The van der Waals surface area contributed by atoms with E-state index in [9.17, 15) is 0 Å². The van der Waals surface area contributed by atoms with Gasteiger partial charge < -0.3 is 0 Å². The summed E-state index contributed by atoms with van der Waals surface area (Å²) in [6, 6.07) is 0. The van der Waals surface area contributed by atoms with E-state index >= 15 is 0 Å². The molecular weight excluding hydrogens is 228 g/mol. The van der Waals surface area contributed by atoms with Crippen LogP contribution in [-0.4, -0.2) is 0 Å². The van der Waals surface area contributed by atoms with Crippen molar-refractivity contribution in [2.24, 2.45) is 22.2 Å². The van der Waals surface area contributed by atoms with Crippen molar-refractivity contribution in [1.29, 1.82) is 0 Å². The zero-order valence-corrected chi connectivity index (χ0v) is 13.6. The summed E-state index contributed by atoms with van der Waals surface area (Å²) in [7, 11) is 0. The summed E-state index contributed by atoms with van der Waals surface area (Å²) >= 11 is 0. The zero-order chi connectivity index (χ0) is 13.6. The number of rotatable bonds is 0. The molecule has 2 spiro atoms. The van der Waals surface area contributed by atoms with Gasteiger partial charge in [0, 0.05) is 0 Å². The quantitative estimate of drug-likeness (QED) is 0.477. The maximum atomic E-state index is 2.48. The molecule has 0 bridgehead atoms. The first-order valence-corrected chi connectivity index (χ1v) is 8.93. The van der Waals surface area contributed by atoms with Gasteiger partial charge in [0.25, 0.3) is 0 Å². The third-order valence-corrected chi connectivity index (χ3v) is 7.37. The molecule has 0 heteroatoms. The summed E-state index contributed by atoms with van der Waals surface area (Å²) in [6.45, 7) is 7.42. The van der Waals surface area contributed by atoms with Crippen molar-refractivity contribution in [3.8, 4) is 0 Å². The van der Waals surface area contributed by atoms with Gasteiger partial charge in [-0.1, -0.05) is 33.6 Å². The highest BCUT2D eigenvalue weighted by Gasteiger charge is 2.45. The van der Waals surface area contributed by atoms with E-state index in [0.717, 1.165) is 16.7 Å². The Bertz CT molecular complexity index is 295. The van der Waals surface area contributed by atoms with Crippen LogP contribution < -0.4 is 0 Å². The molecule has 0 nitrogen and oxygen atoms in total. The van der Waals surface area contributed by atoms with Gasteiger partial charge in [-0.2, -0.15) is 0 Å². The van der Waals surface area contributed by atoms with E-state index in [0.29, 0.717) is 5.41 Å². The van der Waals surface area contributed by atoms with E-state index in [1.165, 1.54) is 38.5 Å². The van der Waals surface area contributed by atoms with Gasteiger partial charge in [0.05, 0.1) is 0 Å². The molecule has 0 radical (unpaired) electrons. The molecule has 3 saturated carbocycles. The van der Waals surface area contributed by atoms with Crippen molar-refractivity contribution in [2.75, 3.05) is 0 Å². The minimum absolute atomic E-state index is 0.640. The molecular formula is C19H34. The van der Waals surface area contributed by atoms with E-state index in [1.807, 2.05) is 0 Å². The molecule has 3 aliphatic carbocycles. The van der Waals surface area contributed by atoms with Crippen LogP contribution in [0.25, 0.3) is 0 Å². The molecule has 0 aromatic carbocycles. The molecule has 0 aliphatic heterocycles. The van der Waals surface area contributed by atoms with Gasteiger partial charge in [0.15, 0.2) is 0 Å². The van der Waals surface area contributed by atoms with Crippen molar-refractivity contribution < 1.29 is 0 Å². The van der Waals surface area contributed by atoms with Gasteiger partial charge in [0.2, 0.25) is 0 Å². The Hall–Kier alpha value is 0. The third-order valence-electron chi connectivity index (χ3n) is 7.37. The lowest BCUT2D eigenvalue weighted by atomic mass is 9.53. The SMILES string of the molecule is CC1CCC2(CC1)CCC1(CCC(C)(C)CC1)CC2. The summed E-state index contributed by atoms with van der Waals surface area (Å²) < 4.78 is 0. The van der Waals surface area contributed by atoms with E-state index in [1.54, 1.807) is 38.5 Å². The lowest BCUT2D eigenvalue weighted by molar-refractivity contribution is -0.00578.